The average Bonchev–Trinajstić information content (AvgIpc) is 2.45. The molecular formula is C16H25ClN2O. The molecule has 112 valence electrons. The van der Waals surface area contributed by atoms with Gasteiger partial charge < -0.3 is 15.3 Å². The van der Waals surface area contributed by atoms with Gasteiger partial charge in [-0.2, -0.15) is 0 Å². The highest BCUT2D eigenvalue weighted by Crippen LogP contribution is 2.30. The van der Waals surface area contributed by atoms with Crippen LogP contribution in [-0.4, -0.2) is 30.8 Å². The molecule has 2 N–H and O–H groups in total. The fraction of sp³-hybridized carbons (Fsp3) is 0.625. The van der Waals surface area contributed by atoms with Crippen molar-refractivity contribution in [3.63, 3.8) is 0 Å². The Morgan fingerprint density at radius 2 is 2.05 bits per heavy atom. The number of halogens is 1. The average molecular weight is 297 g/mol. The maximum absolute atomic E-state index is 9.19. The monoisotopic (exact) mass is 296 g/mol. The van der Waals surface area contributed by atoms with Gasteiger partial charge in [0.15, 0.2) is 0 Å². The van der Waals surface area contributed by atoms with Crippen molar-refractivity contribution in [3.8, 4) is 0 Å². The first-order chi connectivity index (χ1) is 9.60. The molecule has 4 heteroatoms. The van der Waals surface area contributed by atoms with E-state index in [1.165, 1.54) is 5.56 Å². The maximum Gasteiger partial charge on any atom is 0.0642 e. The summed E-state index contributed by atoms with van der Waals surface area (Å²) in [5.41, 5.74) is 2.34. The largest absolute Gasteiger partial charge is 0.396 e. The van der Waals surface area contributed by atoms with Crippen molar-refractivity contribution in [2.75, 3.05) is 24.6 Å². The zero-order chi connectivity index (χ0) is 14.5. The molecule has 1 heterocycles. The molecule has 3 nitrogen and oxygen atoms in total. The van der Waals surface area contributed by atoms with Gasteiger partial charge in [0.1, 0.15) is 0 Å². The van der Waals surface area contributed by atoms with E-state index in [0.29, 0.717) is 18.6 Å². The second kappa shape index (κ2) is 7.30. The molecule has 1 aliphatic rings. The Labute approximate surface area is 126 Å². The minimum atomic E-state index is 0.307. The van der Waals surface area contributed by atoms with E-state index in [-0.39, 0.29) is 0 Å². The van der Waals surface area contributed by atoms with E-state index in [4.69, 9.17) is 11.6 Å². The van der Waals surface area contributed by atoms with Gasteiger partial charge in [0.2, 0.25) is 0 Å². The number of nitrogens with one attached hydrogen (secondary N) is 1. The first kappa shape index (κ1) is 15.6. The van der Waals surface area contributed by atoms with Crippen LogP contribution in [0.25, 0.3) is 0 Å². The summed E-state index contributed by atoms with van der Waals surface area (Å²) in [5, 5.41) is 13.4. The number of benzene rings is 1. The normalized spacial score (nSPS) is 16.9. The molecule has 1 aliphatic heterocycles. The lowest BCUT2D eigenvalue weighted by atomic mass is 9.97. The molecular weight excluding hydrogens is 272 g/mol. The third kappa shape index (κ3) is 4.11. The molecule has 0 bridgehead atoms. The molecule has 1 fully saturated rings. The Hall–Kier alpha value is -0.770. The summed E-state index contributed by atoms with van der Waals surface area (Å²) in [6, 6.07) is 6.81. The Bertz CT molecular complexity index is 428. The van der Waals surface area contributed by atoms with E-state index in [0.717, 1.165) is 43.2 Å². The molecule has 0 spiro atoms. The van der Waals surface area contributed by atoms with E-state index in [1.54, 1.807) is 0 Å². The molecule has 20 heavy (non-hydrogen) atoms. The highest BCUT2D eigenvalue weighted by atomic mass is 35.5. The molecule has 0 amide bonds. The molecule has 0 aliphatic carbocycles. The predicted molar refractivity (Wildman–Crippen MR) is 85.5 cm³/mol. The van der Waals surface area contributed by atoms with Crippen molar-refractivity contribution in [2.24, 2.45) is 5.92 Å². The summed E-state index contributed by atoms with van der Waals surface area (Å²) in [7, 11) is 0. The zero-order valence-electron chi connectivity index (χ0n) is 12.4. The minimum Gasteiger partial charge on any atom is -0.396 e. The van der Waals surface area contributed by atoms with E-state index >= 15 is 0 Å². The van der Waals surface area contributed by atoms with E-state index in [1.807, 2.05) is 0 Å². The van der Waals surface area contributed by atoms with Crippen LogP contribution in [0.15, 0.2) is 18.2 Å². The van der Waals surface area contributed by atoms with Crippen LogP contribution in [0.3, 0.4) is 0 Å². The van der Waals surface area contributed by atoms with Gasteiger partial charge in [0, 0.05) is 32.3 Å². The van der Waals surface area contributed by atoms with Gasteiger partial charge in [-0.25, -0.2) is 0 Å². The summed E-state index contributed by atoms with van der Waals surface area (Å²) >= 11 is 6.43. The van der Waals surface area contributed by atoms with Crippen molar-refractivity contribution >= 4 is 17.3 Å². The fourth-order valence-electron chi connectivity index (χ4n) is 2.60. The van der Waals surface area contributed by atoms with Gasteiger partial charge in [-0.15, -0.1) is 0 Å². The lowest BCUT2D eigenvalue weighted by Crippen LogP contribution is -2.34. The number of aliphatic hydroxyl groups is 1. The fourth-order valence-corrected chi connectivity index (χ4v) is 2.92. The molecule has 1 aromatic rings. The van der Waals surface area contributed by atoms with Crippen molar-refractivity contribution in [3.05, 3.63) is 28.8 Å². The van der Waals surface area contributed by atoms with E-state index < -0.39 is 0 Å². The standard InChI is InChI=1S/C16H25ClN2O/c1-12(2)18-10-14-3-4-16(15(17)9-14)19-7-5-13(11-20)6-8-19/h3-4,9,12-13,18,20H,5-8,10-11H2,1-2H3. The summed E-state index contributed by atoms with van der Waals surface area (Å²) < 4.78 is 0. The number of rotatable bonds is 5. The summed E-state index contributed by atoms with van der Waals surface area (Å²) in [6.45, 7) is 7.40. The maximum atomic E-state index is 9.19. The quantitative estimate of drug-likeness (QED) is 0.877. The van der Waals surface area contributed by atoms with Gasteiger partial charge >= 0.3 is 0 Å². The van der Waals surface area contributed by atoms with Gasteiger partial charge in [0.05, 0.1) is 10.7 Å². The van der Waals surface area contributed by atoms with Crippen molar-refractivity contribution in [2.45, 2.75) is 39.3 Å². The van der Waals surface area contributed by atoms with Crippen molar-refractivity contribution in [1.82, 2.24) is 5.32 Å². The Morgan fingerprint density at radius 1 is 1.35 bits per heavy atom. The predicted octanol–water partition coefficient (Wildman–Crippen LogP) is 3.05. The molecule has 1 aromatic carbocycles. The number of hydrogen-bond acceptors (Lipinski definition) is 3. The molecule has 0 aromatic heterocycles. The number of aliphatic hydroxyl groups excluding tert-OH is 1. The van der Waals surface area contributed by atoms with Crippen LogP contribution in [0.2, 0.25) is 5.02 Å². The van der Waals surface area contributed by atoms with Crippen LogP contribution in [-0.2, 0) is 6.54 Å². The summed E-state index contributed by atoms with van der Waals surface area (Å²) in [6.07, 6.45) is 2.09. The second-order valence-corrected chi connectivity index (χ2v) is 6.34. The highest BCUT2D eigenvalue weighted by Gasteiger charge is 2.20. The number of piperidine rings is 1. The van der Waals surface area contributed by atoms with Crippen LogP contribution in [0.1, 0.15) is 32.3 Å². The van der Waals surface area contributed by atoms with Crippen molar-refractivity contribution in [1.29, 1.82) is 0 Å². The Morgan fingerprint density at radius 3 is 2.60 bits per heavy atom. The highest BCUT2D eigenvalue weighted by molar-refractivity contribution is 6.33. The van der Waals surface area contributed by atoms with Gasteiger partial charge in [-0.1, -0.05) is 31.5 Å². The number of nitrogens with zero attached hydrogens (tertiary/aromatic N) is 1. The molecule has 0 unspecified atom stereocenters. The van der Waals surface area contributed by atoms with E-state index in [9.17, 15) is 5.11 Å². The lowest BCUT2D eigenvalue weighted by molar-refractivity contribution is 0.203. The molecule has 0 saturated carbocycles. The van der Waals surface area contributed by atoms with Crippen LogP contribution < -0.4 is 10.2 Å². The zero-order valence-corrected chi connectivity index (χ0v) is 13.2. The molecule has 2 rings (SSSR count). The molecule has 0 atom stereocenters. The lowest BCUT2D eigenvalue weighted by Gasteiger charge is -2.33. The Balaban J connectivity index is 1.99. The Kier molecular flexibility index (Phi) is 5.70. The van der Waals surface area contributed by atoms with Gasteiger partial charge in [-0.3, -0.25) is 0 Å². The third-order valence-electron chi connectivity index (χ3n) is 3.94. The number of hydrogen-bond donors (Lipinski definition) is 2. The first-order valence-electron chi connectivity index (χ1n) is 7.47. The van der Waals surface area contributed by atoms with Crippen molar-refractivity contribution < 1.29 is 5.11 Å². The summed E-state index contributed by atoms with van der Waals surface area (Å²) in [5.74, 6) is 0.458. The van der Waals surface area contributed by atoms with Crippen LogP contribution in [0, 0.1) is 5.92 Å². The first-order valence-corrected chi connectivity index (χ1v) is 7.85. The smallest absolute Gasteiger partial charge is 0.0642 e. The van der Waals surface area contributed by atoms with Crippen LogP contribution in [0.4, 0.5) is 5.69 Å². The van der Waals surface area contributed by atoms with Gasteiger partial charge in [-0.05, 0) is 36.5 Å². The molecule has 1 saturated heterocycles. The topological polar surface area (TPSA) is 35.5 Å². The van der Waals surface area contributed by atoms with Crippen LogP contribution in [0.5, 0.6) is 0 Å². The number of anilines is 1. The van der Waals surface area contributed by atoms with Crippen LogP contribution >= 0.6 is 11.6 Å². The molecule has 0 radical (unpaired) electrons. The minimum absolute atomic E-state index is 0.307. The summed E-state index contributed by atoms with van der Waals surface area (Å²) in [4.78, 5) is 2.33. The van der Waals surface area contributed by atoms with E-state index in [2.05, 4.69) is 42.3 Å². The van der Waals surface area contributed by atoms with Gasteiger partial charge in [0.25, 0.3) is 0 Å². The second-order valence-electron chi connectivity index (χ2n) is 5.93. The SMILES string of the molecule is CC(C)NCc1ccc(N2CCC(CO)CC2)c(Cl)c1. The third-order valence-corrected chi connectivity index (χ3v) is 4.24.